The molecule has 0 bridgehead atoms. The zero-order valence-corrected chi connectivity index (χ0v) is 13.9. The molecule has 1 aromatic rings. The first-order valence-corrected chi connectivity index (χ1v) is 8.67. The maximum absolute atomic E-state index is 12.0. The summed E-state index contributed by atoms with van der Waals surface area (Å²) in [7, 11) is -2.01. The van der Waals surface area contributed by atoms with Crippen LogP contribution in [0, 0.1) is 0 Å². The molecule has 0 heterocycles. The lowest BCUT2D eigenvalue weighted by Gasteiger charge is -2.22. The van der Waals surface area contributed by atoms with Crippen LogP contribution in [0.3, 0.4) is 0 Å². The highest BCUT2D eigenvalue weighted by Gasteiger charge is 2.13. The van der Waals surface area contributed by atoms with Gasteiger partial charge in [0, 0.05) is 26.7 Å². The molecule has 1 rings (SSSR count). The standard InChI is InChI=1S/C14H22N2O5S/c1-4-15-14(17)16(8-9-20-2)11-12-6-5-7-13(10-12)21-22(3,18)19/h5-7,10H,4,8-9,11H2,1-3H3,(H,15,17). The molecule has 0 spiro atoms. The van der Waals surface area contributed by atoms with E-state index in [4.69, 9.17) is 8.92 Å². The third-order valence-electron chi connectivity index (χ3n) is 2.70. The van der Waals surface area contributed by atoms with Crippen LogP contribution in [0.5, 0.6) is 5.75 Å². The number of urea groups is 1. The van der Waals surface area contributed by atoms with Crippen molar-refractivity contribution >= 4 is 16.1 Å². The molecule has 0 aliphatic heterocycles. The Bertz CT molecular complexity index is 589. The molecule has 0 saturated heterocycles. The van der Waals surface area contributed by atoms with Crippen LogP contribution < -0.4 is 9.50 Å². The van der Waals surface area contributed by atoms with Crippen molar-refractivity contribution in [1.29, 1.82) is 0 Å². The van der Waals surface area contributed by atoms with Gasteiger partial charge in [0.2, 0.25) is 0 Å². The van der Waals surface area contributed by atoms with Gasteiger partial charge in [0.1, 0.15) is 5.75 Å². The topological polar surface area (TPSA) is 84.9 Å². The van der Waals surface area contributed by atoms with Gasteiger partial charge in [-0.1, -0.05) is 12.1 Å². The molecule has 0 saturated carbocycles. The van der Waals surface area contributed by atoms with Crippen molar-refractivity contribution in [3.05, 3.63) is 29.8 Å². The highest BCUT2D eigenvalue weighted by molar-refractivity contribution is 7.86. The summed E-state index contributed by atoms with van der Waals surface area (Å²) in [6, 6.07) is 6.43. The number of hydrogen-bond acceptors (Lipinski definition) is 5. The van der Waals surface area contributed by atoms with E-state index < -0.39 is 10.1 Å². The molecule has 22 heavy (non-hydrogen) atoms. The highest BCUT2D eigenvalue weighted by atomic mass is 32.2. The van der Waals surface area contributed by atoms with Gasteiger partial charge in [-0.25, -0.2) is 4.79 Å². The molecule has 1 aromatic carbocycles. The SMILES string of the molecule is CCNC(=O)N(CCOC)Cc1cccc(OS(C)(=O)=O)c1. The van der Waals surface area contributed by atoms with Gasteiger partial charge >= 0.3 is 16.1 Å². The Hall–Kier alpha value is -1.80. The molecule has 0 radical (unpaired) electrons. The predicted octanol–water partition coefficient (Wildman–Crippen LogP) is 1.20. The summed E-state index contributed by atoms with van der Waals surface area (Å²) in [6.45, 7) is 3.54. The second-order valence-electron chi connectivity index (χ2n) is 4.68. The first-order valence-electron chi connectivity index (χ1n) is 6.86. The van der Waals surface area contributed by atoms with E-state index in [1.54, 1.807) is 36.3 Å². The van der Waals surface area contributed by atoms with Crippen LogP contribution in [0.1, 0.15) is 12.5 Å². The van der Waals surface area contributed by atoms with E-state index in [1.807, 2.05) is 6.92 Å². The Labute approximate surface area is 131 Å². The third-order valence-corrected chi connectivity index (χ3v) is 3.20. The summed E-state index contributed by atoms with van der Waals surface area (Å²) in [5.41, 5.74) is 0.767. The number of nitrogens with one attached hydrogen (secondary N) is 1. The molecule has 7 nitrogen and oxygen atoms in total. The molecule has 124 valence electrons. The van der Waals surface area contributed by atoms with E-state index >= 15 is 0 Å². The maximum atomic E-state index is 12.0. The van der Waals surface area contributed by atoms with E-state index in [0.717, 1.165) is 11.8 Å². The summed E-state index contributed by atoms with van der Waals surface area (Å²) in [5.74, 6) is 0.225. The number of rotatable bonds is 8. The molecule has 0 aliphatic carbocycles. The number of methoxy groups -OCH3 is 1. The molecule has 2 amide bonds. The van der Waals surface area contributed by atoms with Gasteiger partial charge in [-0.3, -0.25) is 0 Å². The van der Waals surface area contributed by atoms with Crippen LogP contribution in [0.25, 0.3) is 0 Å². The van der Waals surface area contributed by atoms with E-state index in [-0.39, 0.29) is 11.8 Å². The number of amides is 2. The van der Waals surface area contributed by atoms with E-state index in [1.165, 1.54) is 0 Å². The third kappa shape index (κ3) is 6.77. The van der Waals surface area contributed by atoms with Crippen molar-refractivity contribution in [3.8, 4) is 5.75 Å². The maximum Gasteiger partial charge on any atom is 0.317 e. The average Bonchev–Trinajstić information content (AvgIpc) is 2.42. The second-order valence-corrected chi connectivity index (χ2v) is 6.26. The van der Waals surface area contributed by atoms with Crippen molar-refractivity contribution in [3.63, 3.8) is 0 Å². The largest absolute Gasteiger partial charge is 0.383 e. The number of carbonyl (C=O) groups is 1. The normalized spacial score (nSPS) is 11.0. The van der Waals surface area contributed by atoms with Gasteiger partial charge in [-0.15, -0.1) is 0 Å². The van der Waals surface area contributed by atoms with Gasteiger partial charge in [0.15, 0.2) is 0 Å². The fourth-order valence-electron chi connectivity index (χ4n) is 1.81. The first kappa shape index (κ1) is 18.2. The van der Waals surface area contributed by atoms with E-state index in [0.29, 0.717) is 26.2 Å². The smallest absolute Gasteiger partial charge is 0.317 e. The monoisotopic (exact) mass is 330 g/mol. The van der Waals surface area contributed by atoms with Gasteiger partial charge in [-0.05, 0) is 24.6 Å². The van der Waals surface area contributed by atoms with Crippen molar-refractivity contribution in [2.45, 2.75) is 13.5 Å². The zero-order chi connectivity index (χ0) is 16.6. The molecule has 0 fully saturated rings. The van der Waals surface area contributed by atoms with Gasteiger partial charge in [0.05, 0.1) is 12.9 Å². The lowest BCUT2D eigenvalue weighted by atomic mass is 10.2. The molecule has 8 heteroatoms. The Morgan fingerprint density at radius 3 is 2.68 bits per heavy atom. The fourth-order valence-corrected chi connectivity index (χ4v) is 2.26. The highest BCUT2D eigenvalue weighted by Crippen LogP contribution is 2.16. The Kier molecular flexibility index (Phi) is 7.13. The Morgan fingerprint density at radius 1 is 1.36 bits per heavy atom. The number of nitrogens with zero attached hydrogens (tertiary/aromatic N) is 1. The van der Waals surface area contributed by atoms with Crippen molar-refractivity contribution in [2.75, 3.05) is 33.1 Å². The van der Waals surface area contributed by atoms with Gasteiger partial charge in [-0.2, -0.15) is 8.42 Å². The van der Waals surface area contributed by atoms with Gasteiger partial charge in [0.25, 0.3) is 0 Å². The first-order chi connectivity index (χ1) is 10.4. The van der Waals surface area contributed by atoms with Crippen molar-refractivity contribution in [2.24, 2.45) is 0 Å². The van der Waals surface area contributed by atoms with Crippen LogP contribution in [-0.2, 0) is 21.4 Å². The molecular weight excluding hydrogens is 308 g/mol. The summed E-state index contributed by atoms with van der Waals surface area (Å²) in [5, 5.41) is 2.73. The van der Waals surface area contributed by atoms with E-state index in [9.17, 15) is 13.2 Å². The minimum atomic E-state index is -3.57. The number of benzene rings is 1. The summed E-state index contributed by atoms with van der Waals surface area (Å²) in [6.07, 6.45) is 0.985. The van der Waals surface area contributed by atoms with Crippen LogP contribution in [-0.4, -0.2) is 52.4 Å². The number of hydrogen-bond donors (Lipinski definition) is 1. The summed E-state index contributed by atoms with van der Waals surface area (Å²) >= 11 is 0. The zero-order valence-electron chi connectivity index (χ0n) is 13.0. The Balaban J connectivity index is 2.83. The molecular formula is C14H22N2O5S. The average molecular weight is 330 g/mol. The number of ether oxygens (including phenoxy) is 1. The van der Waals surface area contributed by atoms with E-state index in [2.05, 4.69) is 5.32 Å². The van der Waals surface area contributed by atoms with Gasteiger partial charge < -0.3 is 19.1 Å². The predicted molar refractivity (Wildman–Crippen MR) is 83.3 cm³/mol. The minimum Gasteiger partial charge on any atom is -0.383 e. The van der Waals surface area contributed by atoms with Crippen LogP contribution in [0.4, 0.5) is 4.79 Å². The van der Waals surface area contributed by atoms with Crippen LogP contribution >= 0.6 is 0 Å². The summed E-state index contributed by atoms with van der Waals surface area (Å²) < 4.78 is 32.2. The number of carbonyl (C=O) groups excluding carboxylic acids is 1. The van der Waals surface area contributed by atoms with Crippen molar-refractivity contribution < 1.29 is 22.1 Å². The van der Waals surface area contributed by atoms with Crippen LogP contribution in [0.15, 0.2) is 24.3 Å². The molecule has 0 unspecified atom stereocenters. The minimum absolute atomic E-state index is 0.200. The fraction of sp³-hybridized carbons (Fsp3) is 0.500. The molecule has 0 aliphatic rings. The molecule has 1 N–H and O–H groups in total. The lowest BCUT2D eigenvalue weighted by molar-refractivity contribution is 0.146. The van der Waals surface area contributed by atoms with Crippen LogP contribution in [0.2, 0.25) is 0 Å². The summed E-state index contributed by atoms with van der Waals surface area (Å²) in [4.78, 5) is 13.6. The lowest BCUT2D eigenvalue weighted by Crippen LogP contribution is -2.41. The van der Waals surface area contributed by atoms with Crippen molar-refractivity contribution in [1.82, 2.24) is 10.2 Å². The Morgan fingerprint density at radius 2 is 2.09 bits per heavy atom. The second kappa shape index (κ2) is 8.60. The molecule has 0 atom stereocenters. The molecule has 0 aromatic heterocycles. The quantitative estimate of drug-likeness (QED) is 0.724.